The van der Waals surface area contributed by atoms with Crippen LogP contribution >= 0.6 is 0 Å². The van der Waals surface area contributed by atoms with Crippen molar-refractivity contribution < 1.29 is 35.1 Å². The summed E-state index contributed by atoms with van der Waals surface area (Å²) >= 11 is 0. The van der Waals surface area contributed by atoms with Crippen molar-refractivity contribution in [3.05, 3.63) is 42.0 Å². The van der Waals surface area contributed by atoms with Crippen LogP contribution in [0.25, 0.3) is 0 Å². The molecule has 5 N–H and O–H groups in total. The molecule has 0 fully saturated rings. The zero-order valence-electron chi connectivity index (χ0n) is 12.2. The van der Waals surface area contributed by atoms with Gasteiger partial charge in [0.15, 0.2) is 17.6 Å². The van der Waals surface area contributed by atoms with Crippen molar-refractivity contribution in [2.24, 2.45) is 0 Å². The SMILES string of the molecule is CC1Oc2cc(O)cc(O)c2C(=O)C1O.Oc1ccccc1O. The lowest BCUT2D eigenvalue weighted by molar-refractivity contribution is 0.0285. The van der Waals surface area contributed by atoms with Gasteiger partial charge in [-0.1, -0.05) is 12.1 Å². The number of phenols is 4. The summed E-state index contributed by atoms with van der Waals surface area (Å²) in [7, 11) is 0. The molecule has 3 rings (SSSR count). The molecule has 2 atom stereocenters. The van der Waals surface area contributed by atoms with Crippen LogP contribution in [0.2, 0.25) is 0 Å². The number of aliphatic hydroxyl groups excluding tert-OH is 1. The number of ether oxygens (including phenoxy) is 1. The predicted octanol–water partition coefficient (Wildman–Crippen LogP) is 1.52. The second-order valence-electron chi connectivity index (χ2n) is 4.96. The van der Waals surface area contributed by atoms with E-state index in [2.05, 4.69) is 0 Å². The molecule has 2 unspecified atom stereocenters. The summed E-state index contributed by atoms with van der Waals surface area (Å²) in [6.07, 6.45) is -1.97. The lowest BCUT2D eigenvalue weighted by atomic mass is 9.97. The quantitative estimate of drug-likeness (QED) is 0.466. The number of hydrogen-bond acceptors (Lipinski definition) is 7. The van der Waals surface area contributed by atoms with Gasteiger partial charge in [0.05, 0.1) is 0 Å². The van der Waals surface area contributed by atoms with Gasteiger partial charge in [0.1, 0.15) is 28.9 Å². The molecule has 0 radical (unpaired) electrons. The van der Waals surface area contributed by atoms with Gasteiger partial charge in [0, 0.05) is 12.1 Å². The molecule has 0 amide bonds. The van der Waals surface area contributed by atoms with E-state index in [1.54, 1.807) is 12.1 Å². The second kappa shape index (κ2) is 6.45. The summed E-state index contributed by atoms with van der Waals surface area (Å²) in [5, 5.41) is 45.4. The molecule has 23 heavy (non-hydrogen) atoms. The highest BCUT2D eigenvalue weighted by atomic mass is 16.5. The van der Waals surface area contributed by atoms with Crippen molar-refractivity contribution >= 4 is 5.78 Å². The highest BCUT2D eigenvalue weighted by Crippen LogP contribution is 2.37. The largest absolute Gasteiger partial charge is 0.508 e. The maximum absolute atomic E-state index is 11.6. The molecular weight excluding hydrogens is 304 g/mol. The minimum atomic E-state index is -1.28. The Kier molecular flexibility index (Phi) is 4.61. The third kappa shape index (κ3) is 3.46. The summed E-state index contributed by atoms with van der Waals surface area (Å²) in [5.74, 6) is -1.24. The fourth-order valence-corrected chi connectivity index (χ4v) is 2.02. The Morgan fingerprint density at radius 1 is 0.957 bits per heavy atom. The number of aliphatic hydroxyl groups is 1. The molecule has 122 valence electrons. The molecule has 2 aromatic rings. The van der Waals surface area contributed by atoms with Crippen LogP contribution in [0, 0.1) is 0 Å². The molecular formula is C16H16O7. The van der Waals surface area contributed by atoms with Crippen LogP contribution in [0.1, 0.15) is 17.3 Å². The van der Waals surface area contributed by atoms with E-state index >= 15 is 0 Å². The molecule has 0 aliphatic carbocycles. The number of fused-ring (bicyclic) bond motifs is 1. The standard InChI is InChI=1S/C10H10O5.C6H6O2/c1-4-9(13)10(14)8-6(12)2-5(11)3-7(8)15-4;7-5-3-1-2-4-6(5)8/h2-4,9,11-13H,1H3;1-4,7-8H. The van der Waals surface area contributed by atoms with Crippen molar-refractivity contribution in [3.63, 3.8) is 0 Å². The first-order chi connectivity index (χ1) is 10.8. The Balaban J connectivity index is 0.000000203. The minimum absolute atomic E-state index is 0.0764. The van der Waals surface area contributed by atoms with Gasteiger partial charge in [0.25, 0.3) is 0 Å². The number of rotatable bonds is 0. The Morgan fingerprint density at radius 2 is 1.52 bits per heavy atom. The molecule has 0 saturated carbocycles. The van der Waals surface area contributed by atoms with Crippen LogP contribution in [-0.4, -0.2) is 43.5 Å². The number of ketones is 1. The van der Waals surface area contributed by atoms with E-state index in [9.17, 15) is 20.1 Å². The van der Waals surface area contributed by atoms with Gasteiger partial charge in [-0.2, -0.15) is 0 Å². The van der Waals surface area contributed by atoms with Crippen molar-refractivity contribution in [1.29, 1.82) is 0 Å². The van der Waals surface area contributed by atoms with Crippen molar-refractivity contribution in [3.8, 4) is 28.7 Å². The van der Waals surface area contributed by atoms with E-state index < -0.39 is 18.0 Å². The number of benzene rings is 2. The maximum atomic E-state index is 11.6. The van der Waals surface area contributed by atoms with Crippen LogP contribution < -0.4 is 4.74 Å². The Bertz CT molecular complexity index is 705. The highest BCUT2D eigenvalue weighted by Gasteiger charge is 2.35. The molecule has 2 aromatic carbocycles. The first-order valence-electron chi connectivity index (χ1n) is 6.73. The van der Waals surface area contributed by atoms with Gasteiger partial charge >= 0.3 is 0 Å². The molecule has 0 bridgehead atoms. The summed E-state index contributed by atoms with van der Waals surface area (Å²) in [4.78, 5) is 11.6. The summed E-state index contributed by atoms with van der Waals surface area (Å²) < 4.78 is 5.19. The van der Waals surface area contributed by atoms with E-state index in [4.69, 9.17) is 14.9 Å². The van der Waals surface area contributed by atoms with Crippen LogP contribution in [0.4, 0.5) is 0 Å². The van der Waals surface area contributed by atoms with Crippen molar-refractivity contribution in [2.45, 2.75) is 19.1 Å². The Labute approximate surface area is 131 Å². The lowest BCUT2D eigenvalue weighted by Crippen LogP contribution is -2.40. The van der Waals surface area contributed by atoms with E-state index in [1.165, 1.54) is 25.1 Å². The number of carbonyl (C=O) groups excluding carboxylic acids is 1. The molecule has 1 aliphatic heterocycles. The van der Waals surface area contributed by atoms with E-state index in [-0.39, 0.29) is 34.3 Å². The highest BCUT2D eigenvalue weighted by molar-refractivity contribution is 6.05. The fraction of sp³-hybridized carbons (Fsp3) is 0.188. The van der Waals surface area contributed by atoms with Gasteiger partial charge in [-0.05, 0) is 19.1 Å². The Hall–Kier alpha value is -2.93. The molecule has 0 saturated heterocycles. The van der Waals surface area contributed by atoms with Crippen LogP contribution in [-0.2, 0) is 0 Å². The summed E-state index contributed by atoms with van der Waals surface area (Å²) in [6, 6.07) is 8.41. The topological polar surface area (TPSA) is 127 Å². The van der Waals surface area contributed by atoms with Crippen molar-refractivity contribution in [1.82, 2.24) is 0 Å². The third-order valence-corrected chi connectivity index (χ3v) is 3.22. The number of carbonyl (C=O) groups is 1. The molecule has 0 spiro atoms. The zero-order chi connectivity index (χ0) is 17.1. The summed E-state index contributed by atoms with van der Waals surface area (Å²) in [5.41, 5.74) is -0.0848. The second-order valence-corrected chi connectivity index (χ2v) is 4.96. The van der Waals surface area contributed by atoms with Gasteiger partial charge in [-0.15, -0.1) is 0 Å². The number of para-hydroxylation sites is 2. The number of Topliss-reactive ketones (excluding diaryl/α,β-unsaturated/α-hetero) is 1. The zero-order valence-corrected chi connectivity index (χ0v) is 12.2. The molecule has 1 heterocycles. The summed E-state index contributed by atoms with van der Waals surface area (Å²) in [6.45, 7) is 1.53. The van der Waals surface area contributed by atoms with Gasteiger partial charge < -0.3 is 30.3 Å². The number of hydrogen-bond donors (Lipinski definition) is 5. The van der Waals surface area contributed by atoms with Crippen LogP contribution in [0.15, 0.2) is 36.4 Å². The molecule has 7 nitrogen and oxygen atoms in total. The molecule has 7 heteroatoms. The van der Waals surface area contributed by atoms with Gasteiger partial charge in [0.2, 0.25) is 5.78 Å². The van der Waals surface area contributed by atoms with Gasteiger partial charge in [-0.3, -0.25) is 4.79 Å². The van der Waals surface area contributed by atoms with Crippen LogP contribution in [0.5, 0.6) is 28.7 Å². The smallest absolute Gasteiger partial charge is 0.202 e. The van der Waals surface area contributed by atoms with E-state index in [0.29, 0.717) is 0 Å². The first kappa shape index (κ1) is 16.4. The normalized spacial score (nSPS) is 19.1. The van der Waals surface area contributed by atoms with E-state index in [1.807, 2.05) is 0 Å². The minimum Gasteiger partial charge on any atom is -0.508 e. The van der Waals surface area contributed by atoms with Gasteiger partial charge in [-0.25, -0.2) is 0 Å². The number of phenolic OH excluding ortho intramolecular Hbond substituents is 4. The lowest BCUT2D eigenvalue weighted by Gasteiger charge is -2.27. The molecule has 1 aliphatic rings. The monoisotopic (exact) mass is 320 g/mol. The average molecular weight is 320 g/mol. The third-order valence-electron chi connectivity index (χ3n) is 3.22. The maximum Gasteiger partial charge on any atom is 0.202 e. The predicted molar refractivity (Wildman–Crippen MR) is 80.0 cm³/mol. The Morgan fingerprint density at radius 3 is 2.04 bits per heavy atom. The van der Waals surface area contributed by atoms with E-state index in [0.717, 1.165) is 6.07 Å². The molecule has 0 aromatic heterocycles. The number of aromatic hydroxyl groups is 4. The fourth-order valence-electron chi connectivity index (χ4n) is 2.02. The van der Waals surface area contributed by atoms with Crippen LogP contribution in [0.3, 0.4) is 0 Å². The average Bonchev–Trinajstić information content (AvgIpc) is 2.48. The van der Waals surface area contributed by atoms with Crippen molar-refractivity contribution in [2.75, 3.05) is 0 Å². The first-order valence-corrected chi connectivity index (χ1v) is 6.73.